The Kier molecular flexibility index (Phi) is 14.6. The first-order chi connectivity index (χ1) is 31.7. The van der Waals surface area contributed by atoms with Crippen LogP contribution in [-0.2, 0) is 50.3 Å². The normalized spacial score (nSPS) is 11.7. The molecule has 0 spiro atoms. The van der Waals surface area contributed by atoms with E-state index in [9.17, 15) is 9.59 Å². The van der Waals surface area contributed by atoms with Gasteiger partial charge in [-0.3, -0.25) is 10.1 Å². The Morgan fingerprint density at radius 3 is 1.92 bits per heavy atom. The Labute approximate surface area is 387 Å². The van der Waals surface area contributed by atoms with Gasteiger partial charge in [-0.25, -0.2) is 22.9 Å². The minimum atomic E-state index is -4.58. The van der Waals surface area contributed by atoms with E-state index in [0.29, 0.717) is 55.3 Å². The van der Waals surface area contributed by atoms with Gasteiger partial charge in [-0.2, -0.15) is 4.31 Å². The number of thiazole rings is 1. The van der Waals surface area contributed by atoms with Crippen LogP contribution in [0.1, 0.15) is 56.4 Å². The number of carbonyl (C=O) groups excluding carboxylic acids is 2. The number of para-hydroxylation sites is 1. The van der Waals surface area contributed by atoms with Gasteiger partial charge in [0.05, 0.1) is 49.6 Å². The van der Waals surface area contributed by atoms with Gasteiger partial charge in [0.1, 0.15) is 22.8 Å². The van der Waals surface area contributed by atoms with Crippen molar-refractivity contribution in [2.75, 3.05) is 33.3 Å². The van der Waals surface area contributed by atoms with Gasteiger partial charge in [0.15, 0.2) is 11.0 Å². The fourth-order valence-corrected chi connectivity index (χ4v) is 10.00. The third kappa shape index (κ3) is 11.1. The van der Waals surface area contributed by atoms with E-state index in [4.69, 9.17) is 28.7 Å². The molecule has 66 heavy (non-hydrogen) atoms. The molecule has 0 saturated heterocycles. The number of aromatic nitrogens is 5. The molecule has 0 aliphatic heterocycles. The Balaban J connectivity index is 1.49. The van der Waals surface area contributed by atoms with E-state index in [0.717, 1.165) is 5.56 Å². The molecule has 0 saturated carbocycles. The van der Waals surface area contributed by atoms with Crippen molar-refractivity contribution >= 4 is 48.8 Å². The zero-order chi connectivity index (χ0) is 47.0. The molecule has 0 fully saturated rings. The van der Waals surface area contributed by atoms with Crippen LogP contribution >= 0.6 is 11.3 Å². The molecule has 16 nitrogen and oxygen atoms in total. The summed E-state index contributed by atoms with van der Waals surface area (Å²) in [6, 6.07) is 30.8. The molecule has 0 unspecified atom stereocenters. The molecule has 0 bridgehead atoms. The number of nitrogens with zero attached hydrogens (tertiary/aromatic N) is 6. The molecule has 0 aliphatic carbocycles. The molecule has 1 N–H and O–H groups in total. The molecule has 2 aromatic heterocycles. The smallest absolute Gasteiger partial charge is 0.413 e. The van der Waals surface area contributed by atoms with Gasteiger partial charge in [-0.15, -0.1) is 5.10 Å². The van der Waals surface area contributed by atoms with Gasteiger partial charge in [0.25, 0.3) is 0 Å². The first kappa shape index (κ1) is 47.1. The highest BCUT2D eigenvalue weighted by atomic mass is 32.2. The maximum atomic E-state index is 16.1. The molecule has 7 aromatic rings. The Bertz CT molecular complexity index is 2860. The number of methoxy groups -OCH3 is 3. The highest BCUT2D eigenvalue weighted by Crippen LogP contribution is 2.44. The third-order valence-electron chi connectivity index (χ3n) is 10.3. The number of ether oxygens (including phenoxy) is 5. The summed E-state index contributed by atoms with van der Waals surface area (Å²) in [7, 11) is 0.125. The molecule has 0 atom stereocenters. The van der Waals surface area contributed by atoms with Crippen molar-refractivity contribution in [3.8, 4) is 39.8 Å². The molecular formula is C48H51N7O9S2. The lowest BCUT2D eigenvalue weighted by atomic mass is 9.94. The maximum Gasteiger partial charge on any atom is 0.413 e. The summed E-state index contributed by atoms with van der Waals surface area (Å²) < 4.78 is 62.9. The van der Waals surface area contributed by atoms with Gasteiger partial charge in [0, 0.05) is 30.6 Å². The van der Waals surface area contributed by atoms with Crippen molar-refractivity contribution in [1.82, 2.24) is 29.5 Å². The van der Waals surface area contributed by atoms with Gasteiger partial charge in [0.2, 0.25) is 10.0 Å². The summed E-state index contributed by atoms with van der Waals surface area (Å²) in [5, 5.41) is 16.1. The standard InChI is InChI=1S/C48H51N7O9S2/c1-8-63-41(56)27-19-34-18-26-38(39-10-9-11-40-43(39)49-46(65-40)50-47(57)64-48(2,3)4)42(45-51-52-53-55(45)30-33-16-24-37(62-7)25-17-33)44(34)66(58,59)54(28-31-12-20-35(60-5)21-13-31)29-32-14-22-36(61-6)23-15-32/h9-18,20-26H,8,19,27-30H2,1-7H3,(H,49,50,57). The molecule has 0 aliphatic rings. The van der Waals surface area contributed by atoms with E-state index < -0.39 is 27.7 Å². The third-order valence-corrected chi connectivity index (χ3v) is 13.2. The lowest BCUT2D eigenvalue weighted by Gasteiger charge is -2.27. The van der Waals surface area contributed by atoms with E-state index in [1.165, 1.54) is 15.6 Å². The lowest BCUT2D eigenvalue weighted by molar-refractivity contribution is -0.143. The number of fused-ring (bicyclic) bond motifs is 1. The second kappa shape index (κ2) is 20.5. The fourth-order valence-electron chi connectivity index (χ4n) is 7.26. The highest BCUT2D eigenvalue weighted by Gasteiger charge is 2.35. The van der Waals surface area contributed by atoms with Crippen LogP contribution in [0.4, 0.5) is 9.93 Å². The van der Waals surface area contributed by atoms with Gasteiger partial charge >= 0.3 is 12.1 Å². The van der Waals surface area contributed by atoms with E-state index in [1.54, 1.807) is 90.1 Å². The van der Waals surface area contributed by atoms with Gasteiger partial charge < -0.3 is 23.7 Å². The van der Waals surface area contributed by atoms with Crippen molar-refractivity contribution in [3.63, 3.8) is 0 Å². The number of nitrogens with one attached hydrogen (secondary N) is 1. The Morgan fingerprint density at radius 1 is 0.773 bits per heavy atom. The van der Waals surface area contributed by atoms with Crippen molar-refractivity contribution in [3.05, 3.63) is 125 Å². The van der Waals surface area contributed by atoms with Crippen LogP contribution < -0.4 is 19.5 Å². The maximum absolute atomic E-state index is 16.1. The summed E-state index contributed by atoms with van der Waals surface area (Å²) in [4.78, 5) is 30.7. The first-order valence-corrected chi connectivity index (χ1v) is 23.3. The van der Waals surface area contributed by atoms with Crippen molar-refractivity contribution in [2.24, 2.45) is 0 Å². The quantitative estimate of drug-likeness (QED) is 0.0805. The number of benzene rings is 5. The predicted molar refractivity (Wildman–Crippen MR) is 251 cm³/mol. The van der Waals surface area contributed by atoms with Crippen molar-refractivity contribution in [1.29, 1.82) is 0 Å². The SMILES string of the molecule is CCOC(=O)CCc1ccc(-c2cccc3sc(NC(=O)OC(C)(C)C)nc23)c(-c2nnnn2Cc2ccc(OC)cc2)c1S(=O)(=O)N(Cc1ccc(OC)cc1)Cc1ccc(OC)cc1. The highest BCUT2D eigenvalue weighted by molar-refractivity contribution is 7.89. The summed E-state index contributed by atoms with van der Waals surface area (Å²) in [6.45, 7) is 7.25. The first-order valence-electron chi connectivity index (χ1n) is 21.1. The lowest BCUT2D eigenvalue weighted by Crippen LogP contribution is -2.32. The number of carbonyl (C=O) groups is 2. The second-order valence-electron chi connectivity index (χ2n) is 16.1. The summed E-state index contributed by atoms with van der Waals surface area (Å²) in [5.41, 5.74) is 3.45. The number of aryl methyl sites for hydroxylation is 1. The molecule has 1 amide bonds. The van der Waals surface area contributed by atoms with E-state index in [-0.39, 0.29) is 60.5 Å². The number of tetrazole rings is 1. The number of esters is 1. The largest absolute Gasteiger partial charge is 0.497 e. The van der Waals surface area contributed by atoms with Crippen LogP contribution in [-0.4, -0.2) is 83.5 Å². The summed E-state index contributed by atoms with van der Waals surface area (Å²) >= 11 is 1.24. The van der Waals surface area contributed by atoms with Crippen LogP contribution in [0.25, 0.3) is 32.7 Å². The topological polar surface area (TPSA) is 186 Å². The number of rotatable bonds is 18. The minimum absolute atomic E-state index is 0.00446. The average Bonchev–Trinajstić information content (AvgIpc) is 3.94. The second-order valence-corrected chi connectivity index (χ2v) is 19.0. The Hall–Kier alpha value is -6.89. The number of hydrogen-bond donors (Lipinski definition) is 1. The van der Waals surface area contributed by atoms with Crippen molar-refractivity contribution in [2.45, 2.75) is 70.7 Å². The monoisotopic (exact) mass is 933 g/mol. The summed E-state index contributed by atoms with van der Waals surface area (Å²) in [5.74, 6) is 1.55. The van der Waals surface area contributed by atoms with Crippen LogP contribution in [0, 0.1) is 0 Å². The average molecular weight is 934 g/mol. The molecule has 18 heteroatoms. The fraction of sp³-hybridized carbons (Fsp3) is 0.292. The molecule has 5 aromatic carbocycles. The minimum Gasteiger partial charge on any atom is -0.497 e. The van der Waals surface area contributed by atoms with Crippen LogP contribution in [0.3, 0.4) is 0 Å². The molecule has 344 valence electrons. The summed E-state index contributed by atoms with van der Waals surface area (Å²) in [6.07, 6.45) is -0.774. The molecular weight excluding hydrogens is 883 g/mol. The number of amides is 1. The zero-order valence-electron chi connectivity index (χ0n) is 37.7. The van der Waals surface area contributed by atoms with Crippen molar-refractivity contribution < 1.29 is 41.7 Å². The van der Waals surface area contributed by atoms with E-state index in [1.807, 2.05) is 66.7 Å². The van der Waals surface area contributed by atoms with E-state index >= 15 is 8.42 Å². The molecule has 2 heterocycles. The zero-order valence-corrected chi connectivity index (χ0v) is 39.4. The number of anilines is 1. The molecule has 0 radical (unpaired) electrons. The number of hydrogen-bond acceptors (Lipinski definition) is 14. The predicted octanol–water partition coefficient (Wildman–Crippen LogP) is 8.92. The van der Waals surface area contributed by atoms with Crippen LogP contribution in [0.5, 0.6) is 17.2 Å². The molecule has 7 rings (SSSR count). The Morgan fingerprint density at radius 2 is 1.36 bits per heavy atom. The van der Waals surface area contributed by atoms with Gasteiger partial charge in [-0.05, 0) is 115 Å². The van der Waals surface area contributed by atoms with E-state index in [2.05, 4.69) is 20.8 Å². The number of sulfonamides is 1. The van der Waals surface area contributed by atoms with Crippen LogP contribution in [0.2, 0.25) is 0 Å². The van der Waals surface area contributed by atoms with Gasteiger partial charge in [-0.1, -0.05) is 72.0 Å². The van der Waals surface area contributed by atoms with Crippen LogP contribution in [0.15, 0.2) is 108 Å².